The van der Waals surface area contributed by atoms with Crippen molar-refractivity contribution >= 4 is 34.2 Å². The fourth-order valence-corrected chi connectivity index (χ4v) is 7.09. The minimum atomic E-state index is -0.0351. The van der Waals surface area contributed by atoms with Crippen LogP contribution in [0.25, 0.3) is 33.5 Å². The van der Waals surface area contributed by atoms with Crippen LogP contribution in [-0.4, -0.2) is 89.7 Å². The minimum Gasteiger partial charge on any atom is -0.348 e. The summed E-state index contributed by atoms with van der Waals surface area (Å²) in [6, 6.07) is 28.5. The molecule has 0 spiro atoms. The molecule has 3 aliphatic rings. The number of carbonyl (C=O) groups is 2. The average molecular weight is 638 g/mol. The predicted molar refractivity (Wildman–Crippen MR) is 190 cm³/mol. The number of nitrogens with zero attached hydrogens (tertiary/aromatic N) is 4. The fraction of sp³-hybridized carbons (Fsp3) is 0.282. The summed E-state index contributed by atoms with van der Waals surface area (Å²) in [5, 5.41) is 6.30. The summed E-state index contributed by atoms with van der Waals surface area (Å²) >= 11 is 0. The summed E-state index contributed by atoms with van der Waals surface area (Å²) in [6.07, 6.45) is 2.73. The molecule has 2 fully saturated rings. The van der Waals surface area contributed by atoms with Crippen LogP contribution < -0.4 is 10.6 Å². The van der Waals surface area contributed by atoms with Crippen molar-refractivity contribution in [1.82, 2.24) is 30.4 Å². The molecule has 3 aliphatic heterocycles. The van der Waals surface area contributed by atoms with Crippen LogP contribution >= 0.6 is 0 Å². The Morgan fingerprint density at radius 1 is 0.708 bits per heavy atom. The largest absolute Gasteiger partial charge is 0.348 e. The number of amides is 2. The average Bonchev–Trinajstić information content (AvgIpc) is 3.91. The highest BCUT2D eigenvalue weighted by Crippen LogP contribution is 2.34. The van der Waals surface area contributed by atoms with Crippen LogP contribution in [0.5, 0.6) is 0 Å². The Labute approximate surface area is 280 Å². The van der Waals surface area contributed by atoms with Crippen LogP contribution in [-0.2, 0) is 6.42 Å². The van der Waals surface area contributed by atoms with E-state index >= 15 is 0 Å². The molecular weight excluding hydrogens is 598 g/mol. The highest BCUT2D eigenvalue weighted by Gasteiger charge is 2.23. The van der Waals surface area contributed by atoms with Crippen molar-refractivity contribution in [2.75, 3.05) is 40.3 Å². The molecule has 1 aromatic heterocycles. The first kappa shape index (κ1) is 30.2. The third-order valence-electron chi connectivity index (χ3n) is 9.87. The lowest BCUT2D eigenvalue weighted by molar-refractivity contribution is 0.0930. The van der Waals surface area contributed by atoms with E-state index < -0.39 is 0 Å². The van der Waals surface area contributed by atoms with E-state index in [2.05, 4.69) is 69.8 Å². The monoisotopic (exact) mass is 637 g/mol. The molecule has 0 unspecified atom stereocenters. The molecule has 5 aromatic rings. The Hall–Kier alpha value is -5.12. The van der Waals surface area contributed by atoms with Crippen molar-refractivity contribution in [1.29, 1.82) is 0 Å². The van der Waals surface area contributed by atoms with E-state index in [-0.39, 0.29) is 23.9 Å². The maximum atomic E-state index is 12.8. The maximum absolute atomic E-state index is 12.8. The Bertz CT molecular complexity index is 2050. The number of nitrogens with one attached hydrogen (secondary N) is 3. The molecule has 0 radical (unpaired) electrons. The van der Waals surface area contributed by atoms with Crippen molar-refractivity contribution in [3.05, 3.63) is 107 Å². The number of H-pyrrole nitrogens is 1. The van der Waals surface area contributed by atoms with Gasteiger partial charge in [-0.2, -0.15) is 0 Å². The molecule has 2 saturated heterocycles. The number of aromatic amines is 1. The molecule has 9 heteroatoms. The summed E-state index contributed by atoms with van der Waals surface area (Å²) in [6.45, 7) is 3.81. The van der Waals surface area contributed by atoms with Gasteiger partial charge in [0.05, 0.1) is 22.4 Å². The number of hydrogen-bond donors (Lipinski definition) is 3. The third-order valence-corrected chi connectivity index (χ3v) is 9.87. The van der Waals surface area contributed by atoms with Gasteiger partial charge in [-0.25, -0.2) is 4.98 Å². The molecule has 8 rings (SSSR count). The lowest BCUT2D eigenvalue weighted by Gasteiger charge is -2.13. The van der Waals surface area contributed by atoms with Gasteiger partial charge in [0.1, 0.15) is 5.82 Å². The van der Waals surface area contributed by atoms with Crippen molar-refractivity contribution < 1.29 is 9.59 Å². The number of rotatable bonds is 7. The van der Waals surface area contributed by atoms with Gasteiger partial charge in [-0.3, -0.25) is 14.6 Å². The van der Waals surface area contributed by atoms with E-state index in [9.17, 15) is 9.59 Å². The van der Waals surface area contributed by atoms with E-state index in [0.717, 1.165) is 96.0 Å². The Kier molecular flexibility index (Phi) is 7.86. The van der Waals surface area contributed by atoms with Gasteiger partial charge in [-0.1, -0.05) is 42.5 Å². The van der Waals surface area contributed by atoms with Crippen LogP contribution in [0.2, 0.25) is 0 Å². The quantitative estimate of drug-likeness (QED) is 0.221. The predicted octanol–water partition coefficient (Wildman–Crippen LogP) is 5.44. The zero-order valence-corrected chi connectivity index (χ0v) is 27.3. The smallest absolute Gasteiger partial charge is 0.251 e. The molecule has 0 bridgehead atoms. The van der Waals surface area contributed by atoms with E-state index in [1.165, 1.54) is 5.56 Å². The second kappa shape index (κ2) is 12.5. The Morgan fingerprint density at radius 2 is 1.27 bits per heavy atom. The first-order valence-electron chi connectivity index (χ1n) is 16.7. The molecule has 242 valence electrons. The normalized spacial score (nSPS) is 19.4. The van der Waals surface area contributed by atoms with E-state index in [4.69, 9.17) is 9.98 Å². The number of aromatic nitrogens is 2. The van der Waals surface area contributed by atoms with Crippen LogP contribution in [0.15, 0.2) is 89.9 Å². The van der Waals surface area contributed by atoms with Gasteiger partial charge in [0.2, 0.25) is 0 Å². The Morgan fingerprint density at radius 3 is 1.88 bits per heavy atom. The molecular formula is C39H39N7O2. The highest BCUT2D eigenvalue weighted by atomic mass is 16.2. The van der Waals surface area contributed by atoms with E-state index in [1.807, 2.05) is 54.6 Å². The topological polar surface area (TPSA) is 106 Å². The summed E-state index contributed by atoms with van der Waals surface area (Å²) in [4.78, 5) is 43.3. The number of imidazole rings is 1. The summed E-state index contributed by atoms with van der Waals surface area (Å²) in [5.41, 5.74) is 10.5. The molecule has 0 saturated carbocycles. The lowest BCUT2D eigenvalue weighted by atomic mass is 9.99. The van der Waals surface area contributed by atoms with Gasteiger partial charge in [0.15, 0.2) is 0 Å². The van der Waals surface area contributed by atoms with Gasteiger partial charge in [-0.15, -0.1) is 0 Å². The van der Waals surface area contributed by atoms with Crippen LogP contribution in [0.4, 0.5) is 5.69 Å². The molecule has 4 heterocycles. The molecule has 3 N–H and O–H groups in total. The van der Waals surface area contributed by atoms with E-state index in [1.54, 1.807) is 0 Å². The number of hydrogen-bond acceptors (Lipinski definition) is 6. The van der Waals surface area contributed by atoms with Gasteiger partial charge in [0.25, 0.3) is 11.8 Å². The number of fused-ring (bicyclic) bond motifs is 2. The number of likely N-dealkylation sites (tertiary alicyclic amines) is 2. The van der Waals surface area contributed by atoms with Crippen LogP contribution in [0.3, 0.4) is 0 Å². The summed E-state index contributed by atoms with van der Waals surface area (Å²) in [5.74, 6) is 0.714. The summed E-state index contributed by atoms with van der Waals surface area (Å²) in [7, 11) is 4.16. The maximum Gasteiger partial charge on any atom is 0.251 e. The van der Waals surface area contributed by atoms with Gasteiger partial charge in [0, 0.05) is 48.3 Å². The first-order chi connectivity index (χ1) is 23.3. The van der Waals surface area contributed by atoms with E-state index in [0.29, 0.717) is 11.1 Å². The highest BCUT2D eigenvalue weighted by molar-refractivity contribution is 6.07. The van der Waals surface area contributed by atoms with Crippen molar-refractivity contribution in [2.24, 2.45) is 4.99 Å². The standard InChI is InChI=1S/C39H39N7O2/c1-45-17-15-31(22-45)40-38(47)26-7-3-24(4-8-26)34-21-30-12-11-28(19-35(30)42-34)29-13-14-33-36(20-29)44-37(43-33)25-5-9-27(10-6-25)39(48)41-32-16-18-46(2)23-32/h3-14,19-20,31-32H,15-18,21-23H2,1-2H3,(H,40,47)(H,41,48)(H,43,44)/t31-,32-/m1/s1. The second-order valence-electron chi connectivity index (χ2n) is 13.5. The van der Waals surface area contributed by atoms with Crippen LogP contribution in [0.1, 0.15) is 44.7 Å². The van der Waals surface area contributed by atoms with Gasteiger partial charge >= 0.3 is 0 Å². The number of carbonyl (C=O) groups excluding carboxylic acids is 2. The molecule has 0 aliphatic carbocycles. The van der Waals surface area contributed by atoms with Crippen molar-refractivity contribution in [3.63, 3.8) is 0 Å². The SMILES string of the molecule is CN1CC[C@@H](NC(=O)c2ccc(C3=Nc4cc(-c5ccc6nc(-c7ccc(C(=O)N[C@@H]8CCN(C)C8)cc7)[nH]c6c5)ccc4C3)cc2)C1. The zero-order valence-electron chi connectivity index (χ0n) is 27.3. The number of likely N-dealkylation sites (N-methyl/N-ethyl adjacent to an activating group) is 2. The molecule has 9 nitrogen and oxygen atoms in total. The third kappa shape index (κ3) is 6.14. The minimum absolute atomic E-state index is 0.0188. The van der Waals surface area contributed by atoms with Crippen molar-refractivity contribution in [2.45, 2.75) is 31.3 Å². The number of aliphatic imine (C=N–C) groups is 1. The van der Waals surface area contributed by atoms with Crippen molar-refractivity contribution in [3.8, 4) is 22.5 Å². The molecule has 4 aromatic carbocycles. The molecule has 2 atom stereocenters. The fourth-order valence-electron chi connectivity index (χ4n) is 7.09. The summed E-state index contributed by atoms with van der Waals surface area (Å²) < 4.78 is 0. The number of benzene rings is 4. The van der Waals surface area contributed by atoms with Gasteiger partial charge < -0.3 is 25.4 Å². The lowest BCUT2D eigenvalue weighted by Crippen LogP contribution is -2.36. The molecule has 48 heavy (non-hydrogen) atoms. The van der Waals surface area contributed by atoms with Crippen LogP contribution in [0, 0.1) is 0 Å². The molecule has 2 amide bonds. The van der Waals surface area contributed by atoms with Gasteiger partial charge in [-0.05, 0) is 105 Å². The zero-order chi connectivity index (χ0) is 32.8. The first-order valence-corrected chi connectivity index (χ1v) is 16.7. The Balaban J connectivity index is 0.952. The second-order valence-corrected chi connectivity index (χ2v) is 13.5.